The molecule has 3 aromatic rings. The molecular formula is C42H52N6O4S2+2. The number of aliphatic hydroxyl groups excluding tert-OH is 2. The van der Waals surface area contributed by atoms with Crippen molar-refractivity contribution in [3.63, 3.8) is 0 Å². The Morgan fingerprint density at radius 1 is 0.778 bits per heavy atom. The highest BCUT2D eigenvalue weighted by Gasteiger charge is 2.21. The third kappa shape index (κ3) is 14.0. The van der Waals surface area contributed by atoms with Crippen molar-refractivity contribution in [1.82, 2.24) is 10.6 Å². The first-order valence-corrected chi connectivity index (χ1v) is 20.9. The Balaban J connectivity index is 0.879. The van der Waals surface area contributed by atoms with Crippen molar-refractivity contribution in [2.75, 3.05) is 67.1 Å². The van der Waals surface area contributed by atoms with E-state index >= 15 is 0 Å². The quantitative estimate of drug-likeness (QED) is 0.0416. The van der Waals surface area contributed by atoms with Crippen molar-refractivity contribution >= 4 is 69.2 Å². The fourth-order valence-electron chi connectivity index (χ4n) is 5.98. The van der Waals surface area contributed by atoms with Gasteiger partial charge in [-0.25, -0.2) is 4.99 Å². The molecule has 5 rings (SSSR count). The van der Waals surface area contributed by atoms with Gasteiger partial charge in [-0.1, -0.05) is 82.8 Å². The number of hydrogen-bond acceptors (Lipinski definition) is 8. The number of allylic oxidation sites excluding steroid dienone is 4. The number of carbonyl (C=O) groups is 2. The third-order valence-electron chi connectivity index (χ3n) is 9.01. The summed E-state index contributed by atoms with van der Waals surface area (Å²) < 4.78 is 1.86. The Bertz CT molecular complexity index is 1780. The summed E-state index contributed by atoms with van der Waals surface area (Å²) in [5.74, 6) is 1.43. The summed E-state index contributed by atoms with van der Waals surface area (Å²) in [4.78, 5) is 32.0. The Hall–Kier alpha value is -4.62. The van der Waals surface area contributed by atoms with E-state index in [0.717, 1.165) is 71.1 Å². The number of hydrogen-bond donors (Lipinski definition) is 5. The number of amides is 2. The molecule has 5 N–H and O–H groups in total. The number of pyridine rings is 1. The van der Waals surface area contributed by atoms with Gasteiger partial charge in [-0.15, -0.1) is 0 Å². The van der Waals surface area contributed by atoms with Crippen molar-refractivity contribution in [3.8, 4) is 0 Å². The number of benzene rings is 2. The van der Waals surface area contributed by atoms with Crippen LogP contribution in [0, 0.1) is 0 Å². The predicted octanol–water partition coefficient (Wildman–Crippen LogP) is 2.88. The highest BCUT2D eigenvalue weighted by Crippen LogP contribution is 2.23. The lowest BCUT2D eigenvalue weighted by Crippen LogP contribution is -2.72. The molecule has 3 heterocycles. The van der Waals surface area contributed by atoms with Gasteiger partial charge in [0, 0.05) is 80.4 Å². The lowest BCUT2D eigenvalue weighted by atomic mass is 10.1. The zero-order valence-electron chi connectivity index (χ0n) is 30.7. The van der Waals surface area contributed by atoms with Crippen LogP contribution in [0.15, 0.2) is 103 Å². The molecule has 284 valence electrons. The average Bonchev–Trinajstić information content (AvgIpc) is 3.83. The molecule has 0 radical (unpaired) electrons. The van der Waals surface area contributed by atoms with Gasteiger partial charge < -0.3 is 30.6 Å². The summed E-state index contributed by atoms with van der Waals surface area (Å²) in [6.45, 7) is 8.60. The van der Waals surface area contributed by atoms with Gasteiger partial charge >= 0.3 is 0 Å². The van der Waals surface area contributed by atoms with Gasteiger partial charge in [0.1, 0.15) is 0 Å². The fourth-order valence-corrected chi connectivity index (χ4v) is 7.79. The largest absolute Gasteiger partial charge is 0.391 e. The molecule has 0 aliphatic carbocycles. The minimum Gasteiger partial charge on any atom is -0.391 e. The highest BCUT2D eigenvalue weighted by atomic mass is 33.1. The molecule has 12 heteroatoms. The molecule has 2 atom stereocenters. The topological polar surface area (TPSA) is 123 Å². The smallest absolute Gasteiger partial charge is 0.286 e. The molecule has 2 aliphatic rings. The zero-order chi connectivity index (χ0) is 38.0. The Morgan fingerprint density at radius 2 is 1.30 bits per heavy atom. The van der Waals surface area contributed by atoms with Crippen molar-refractivity contribution in [2.45, 2.75) is 31.6 Å². The van der Waals surface area contributed by atoms with Gasteiger partial charge in [-0.05, 0) is 59.4 Å². The molecule has 2 aromatic carbocycles. The summed E-state index contributed by atoms with van der Waals surface area (Å²) in [6.07, 6.45) is 18.5. The SMILES string of the molecule is C=CC(/C=C/c1ccc(N2CCC(O)C2)cc1)=C\C=[NH+]CC(=O)NCCSSCCNC(=O)C[n+]1ccc(/C=C/c2ccc(N3CCC(O)C3)cc2)cc1. The highest BCUT2D eigenvalue weighted by molar-refractivity contribution is 8.76. The number of carbonyl (C=O) groups excluding carboxylic acids is 2. The Morgan fingerprint density at radius 3 is 1.81 bits per heavy atom. The van der Waals surface area contributed by atoms with Gasteiger partial charge in [-0.2, -0.15) is 4.57 Å². The summed E-state index contributed by atoms with van der Waals surface area (Å²) in [5.41, 5.74) is 6.40. The molecule has 1 aromatic heterocycles. The van der Waals surface area contributed by atoms with Crippen LogP contribution in [0.5, 0.6) is 0 Å². The van der Waals surface area contributed by atoms with E-state index in [2.05, 4.69) is 92.7 Å². The van der Waals surface area contributed by atoms with Crippen LogP contribution in [0.3, 0.4) is 0 Å². The van der Waals surface area contributed by atoms with Crippen LogP contribution in [0.4, 0.5) is 11.4 Å². The second kappa shape index (κ2) is 21.9. The van der Waals surface area contributed by atoms with Crippen LogP contribution in [-0.2, 0) is 16.1 Å². The lowest BCUT2D eigenvalue weighted by molar-refractivity contribution is -0.684. The van der Waals surface area contributed by atoms with Crippen LogP contribution in [-0.4, -0.2) is 97.8 Å². The third-order valence-corrected chi connectivity index (χ3v) is 11.4. The maximum atomic E-state index is 12.4. The minimum atomic E-state index is -0.242. The normalized spacial score (nSPS) is 17.6. The summed E-state index contributed by atoms with van der Waals surface area (Å²) >= 11 is 0. The van der Waals surface area contributed by atoms with Crippen molar-refractivity contribution in [1.29, 1.82) is 0 Å². The second-order valence-corrected chi connectivity index (χ2v) is 15.9. The van der Waals surface area contributed by atoms with E-state index in [1.54, 1.807) is 33.9 Å². The molecule has 2 aliphatic heterocycles. The maximum Gasteiger partial charge on any atom is 0.286 e. The van der Waals surface area contributed by atoms with E-state index in [4.69, 9.17) is 0 Å². The van der Waals surface area contributed by atoms with Gasteiger partial charge in [0.2, 0.25) is 13.1 Å². The molecule has 2 amide bonds. The first-order valence-electron chi connectivity index (χ1n) is 18.4. The average molecular weight is 769 g/mol. The molecule has 2 saturated heterocycles. The van der Waals surface area contributed by atoms with E-state index in [1.165, 1.54) is 0 Å². The summed E-state index contributed by atoms with van der Waals surface area (Å²) in [7, 11) is 3.34. The molecule has 0 spiro atoms. The van der Waals surface area contributed by atoms with Gasteiger partial charge in [-0.3, -0.25) is 9.59 Å². The monoisotopic (exact) mass is 768 g/mol. The first-order chi connectivity index (χ1) is 26.3. The van der Waals surface area contributed by atoms with Crippen LogP contribution >= 0.6 is 21.6 Å². The van der Waals surface area contributed by atoms with E-state index in [-0.39, 0.29) is 37.1 Å². The number of β-amino-alcohol motifs (C(OH)–C–C–N with tert-alkyl or cyclic N) is 2. The van der Waals surface area contributed by atoms with E-state index < -0.39 is 0 Å². The molecule has 0 saturated carbocycles. The Labute approximate surface area is 326 Å². The number of rotatable bonds is 19. The second-order valence-electron chi connectivity index (χ2n) is 13.2. The predicted molar refractivity (Wildman–Crippen MR) is 224 cm³/mol. The first kappa shape index (κ1) is 40.6. The van der Waals surface area contributed by atoms with Crippen molar-refractivity contribution in [3.05, 3.63) is 120 Å². The molecule has 54 heavy (non-hydrogen) atoms. The zero-order valence-corrected chi connectivity index (χ0v) is 32.3. The van der Waals surface area contributed by atoms with E-state index in [0.29, 0.717) is 26.2 Å². The summed E-state index contributed by atoms with van der Waals surface area (Å²) in [5, 5.41) is 25.4. The fraction of sp³-hybridized carbons (Fsp3) is 0.333. The van der Waals surface area contributed by atoms with E-state index in [1.807, 2.05) is 47.3 Å². The molecule has 0 bridgehead atoms. The van der Waals surface area contributed by atoms with Crippen LogP contribution in [0.2, 0.25) is 0 Å². The number of aromatic nitrogens is 1. The van der Waals surface area contributed by atoms with Gasteiger partial charge in [0.25, 0.3) is 11.8 Å². The minimum absolute atomic E-state index is 0.0347. The number of anilines is 2. The number of aliphatic hydroxyl groups is 2. The molecular weight excluding hydrogens is 717 g/mol. The number of nitrogens with one attached hydrogen (secondary N) is 3. The number of nitrogens with zero attached hydrogens (tertiary/aromatic N) is 3. The lowest BCUT2D eigenvalue weighted by Gasteiger charge is -2.17. The summed E-state index contributed by atoms with van der Waals surface area (Å²) in [6, 6.07) is 20.6. The van der Waals surface area contributed by atoms with Crippen LogP contribution in [0.1, 0.15) is 29.5 Å². The maximum absolute atomic E-state index is 12.4. The van der Waals surface area contributed by atoms with Crippen molar-refractivity contribution in [2.24, 2.45) is 0 Å². The van der Waals surface area contributed by atoms with Crippen LogP contribution < -0.4 is 30.0 Å². The molecule has 2 fully saturated rings. The Kier molecular flexibility index (Phi) is 16.5. The van der Waals surface area contributed by atoms with E-state index in [9.17, 15) is 19.8 Å². The van der Waals surface area contributed by atoms with Crippen LogP contribution in [0.25, 0.3) is 18.2 Å². The van der Waals surface area contributed by atoms with Crippen molar-refractivity contribution < 1.29 is 29.4 Å². The molecule has 10 nitrogen and oxygen atoms in total. The van der Waals surface area contributed by atoms with Gasteiger partial charge in [0.05, 0.1) is 12.2 Å². The molecule has 2 unspecified atom stereocenters. The van der Waals surface area contributed by atoms with Gasteiger partial charge in [0.15, 0.2) is 18.6 Å². The standard InChI is InChI=1S/C42H50N6O4S2/c1-2-33(3-4-34-7-11-37(12-8-34)47-25-18-39(49)30-47)15-20-43-29-41(51)44-21-27-53-54-28-22-45-42(52)32-46-23-16-36(17-24-46)6-5-35-9-13-38(14-10-35)48-26-19-40(50)31-48/h2-17,20,23-24,39-40,49-50H,1,18-19,21-22,25-32H2,(H-,44,45,51,52)/p+2/b4-3+,33-15+,43-20?.